The molecule has 74 valence electrons. The van der Waals surface area contributed by atoms with E-state index in [0.717, 1.165) is 11.3 Å². The lowest BCUT2D eigenvalue weighted by Gasteiger charge is -2.03. The lowest BCUT2D eigenvalue weighted by Crippen LogP contribution is -2.07. The van der Waals surface area contributed by atoms with Crippen LogP contribution in [0.25, 0.3) is 9.40 Å². The molecule has 0 aliphatic heterocycles. The number of fused-ring (bicyclic) bond motifs is 1. The number of Topliss-reactive ketones (excluding diaryl/α,β-unsaturated/α-hetero) is 1. The summed E-state index contributed by atoms with van der Waals surface area (Å²) in [5.74, 6) is 0.448. The summed E-state index contributed by atoms with van der Waals surface area (Å²) in [5.41, 5.74) is 0. The van der Waals surface area contributed by atoms with Crippen LogP contribution in [0.15, 0.2) is 17.5 Å². The van der Waals surface area contributed by atoms with Crippen LogP contribution in [0.5, 0.6) is 0 Å². The van der Waals surface area contributed by atoms with E-state index < -0.39 is 0 Å². The van der Waals surface area contributed by atoms with Crippen LogP contribution in [0, 0.1) is 5.92 Å². The van der Waals surface area contributed by atoms with Crippen molar-refractivity contribution in [2.45, 2.75) is 20.3 Å². The zero-order valence-corrected chi connectivity index (χ0v) is 9.87. The first-order valence-corrected chi connectivity index (χ1v) is 6.43. The van der Waals surface area contributed by atoms with E-state index in [9.17, 15) is 4.79 Å². The predicted octanol–water partition coefficient (Wildman–Crippen LogP) is 4.19. The number of carbonyl (C=O) groups excluding carboxylic acids is 1. The number of carbonyl (C=O) groups is 1. The number of hydrogen-bond donors (Lipinski definition) is 0. The van der Waals surface area contributed by atoms with Gasteiger partial charge in [-0.15, -0.1) is 22.7 Å². The van der Waals surface area contributed by atoms with Gasteiger partial charge in [0.05, 0.1) is 4.88 Å². The van der Waals surface area contributed by atoms with E-state index >= 15 is 0 Å². The van der Waals surface area contributed by atoms with E-state index in [-0.39, 0.29) is 5.92 Å². The Morgan fingerprint density at radius 3 is 2.93 bits per heavy atom. The highest BCUT2D eigenvalue weighted by Crippen LogP contribution is 2.31. The van der Waals surface area contributed by atoms with Crippen LogP contribution in [0.1, 0.15) is 29.9 Å². The van der Waals surface area contributed by atoms with Crippen molar-refractivity contribution in [2.24, 2.45) is 5.92 Å². The van der Waals surface area contributed by atoms with Gasteiger partial charge in [-0.05, 0) is 23.9 Å². The molecule has 0 radical (unpaired) electrons. The molecule has 0 aliphatic rings. The third kappa shape index (κ3) is 1.62. The summed E-state index contributed by atoms with van der Waals surface area (Å²) in [7, 11) is 0. The van der Waals surface area contributed by atoms with Gasteiger partial charge in [-0.25, -0.2) is 0 Å². The first-order valence-electron chi connectivity index (χ1n) is 4.73. The Kier molecular flexibility index (Phi) is 2.70. The van der Waals surface area contributed by atoms with E-state index in [1.54, 1.807) is 22.7 Å². The quantitative estimate of drug-likeness (QED) is 0.714. The van der Waals surface area contributed by atoms with Gasteiger partial charge in [0.15, 0.2) is 5.78 Å². The SMILES string of the molecule is CCC(C)C(=O)c1cc2sccc2s1. The van der Waals surface area contributed by atoms with E-state index in [1.165, 1.54) is 9.40 Å². The molecule has 1 nitrogen and oxygen atoms in total. The van der Waals surface area contributed by atoms with Crippen LogP contribution in [0.3, 0.4) is 0 Å². The lowest BCUT2D eigenvalue weighted by molar-refractivity contribution is 0.0931. The fourth-order valence-electron chi connectivity index (χ4n) is 1.32. The van der Waals surface area contributed by atoms with Crippen LogP contribution < -0.4 is 0 Å². The van der Waals surface area contributed by atoms with Gasteiger partial charge in [-0.1, -0.05) is 13.8 Å². The maximum Gasteiger partial charge on any atom is 0.175 e. The molecule has 0 aliphatic carbocycles. The highest BCUT2D eigenvalue weighted by Gasteiger charge is 2.16. The third-order valence-corrected chi connectivity index (χ3v) is 4.55. The van der Waals surface area contributed by atoms with Gasteiger partial charge in [0, 0.05) is 15.3 Å². The molecule has 0 saturated carbocycles. The molecule has 0 spiro atoms. The molecular formula is C11H12OS2. The van der Waals surface area contributed by atoms with Crippen LogP contribution in [0.2, 0.25) is 0 Å². The van der Waals surface area contributed by atoms with Crippen molar-refractivity contribution in [2.75, 3.05) is 0 Å². The summed E-state index contributed by atoms with van der Waals surface area (Å²) in [5, 5.41) is 2.07. The second-order valence-electron chi connectivity index (χ2n) is 3.43. The van der Waals surface area contributed by atoms with E-state index in [2.05, 4.69) is 18.4 Å². The fraction of sp³-hybridized carbons (Fsp3) is 0.364. The minimum Gasteiger partial charge on any atom is -0.293 e. The van der Waals surface area contributed by atoms with Gasteiger partial charge in [0.2, 0.25) is 0 Å². The lowest BCUT2D eigenvalue weighted by atomic mass is 10.0. The van der Waals surface area contributed by atoms with Crippen LogP contribution in [-0.2, 0) is 0 Å². The topological polar surface area (TPSA) is 17.1 Å². The van der Waals surface area contributed by atoms with Crippen molar-refractivity contribution in [3.05, 3.63) is 22.4 Å². The summed E-state index contributed by atoms with van der Waals surface area (Å²) < 4.78 is 2.48. The van der Waals surface area contributed by atoms with Gasteiger partial charge < -0.3 is 0 Å². The Bertz CT molecular complexity index is 424. The minimum absolute atomic E-state index is 0.155. The summed E-state index contributed by atoms with van der Waals surface area (Å²) >= 11 is 3.32. The molecule has 14 heavy (non-hydrogen) atoms. The second kappa shape index (κ2) is 3.83. The second-order valence-corrected chi connectivity index (χ2v) is 5.46. The highest BCUT2D eigenvalue weighted by molar-refractivity contribution is 7.27. The first kappa shape index (κ1) is 9.87. The van der Waals surface area contributed by atoms with Crippen molar-refractivity contribution < 1.29 is 4.79 Å². The summed E-state index contributed by atoms with van der Waals surface area (Å²) in [4.78, 5) is 12.8. The maximum absolute atomic E-state index is 11.9. The molecule has 1 atom stereocenters. The fourth-order valence-corrected chi connectivity index (χ4v) is 3.48. The Hall–Kier alpha value is -0.670. The normalized spacial score (nSPS) is 13.3. The highest BCUT2D eigenvalue weighted by atomic mass is 32.1. The molecule has 0 saturated heterocycles. The third-order valence-electron chi connectivity index (χ3n) is 2.44. The number of ketones is 1. The van der Waals surface area contributed by atoms with Gasteiger partial charge >= 0.3 is 0 Å². The van der Waals surface area contributed by atoms with Crippen LogP contribution in [0.4, 0.5) is 0 Å². The Balaban J connectivity index is 2.35. The van der Waals surface area contributed by atoms with Gasteiger partial charge in [0.25, 0.3) is 0 Å². The average molecular weight is 224 g/mol. The van der Waals surface area contributed by atoms with E-state index in [0.29, 0.717) is 5.78 Å². The molecule has 2 rings (SSSR count). The van der Waals surface area contributed by atoms with Gasteiger partial charge in [0.1, 0.15) is 0 Å². The Morgan fingerprint density at radius 1 is 1.50 bits per heavy atom. The molecule has 2 heterocycles. The smallest absolute Gasteiger partial charge is 0.175 e. The summed E-state index contributed by atoms with van der Waals surface area (Å²) in [6.45, 7) is 4.05. The molecule has 0 bridgehead atoms. The molecule has 3 heteroatoms. The maximum atomic E-state index is 11.9. The predicted molar refractivity (Wildman–Crippen MR) is 63.5 cm³/mol. The number of thiophene rings is 2. The number of rotatable bonds is 3. The zero-order chi connectivity index (χ0) is 10.1. The summed E-state index contributed by atoms with van der Waals surface area (Å²) in [6, 6.07) is 4.11. The molecule has 0 N–H and O–H groups in total. The molecule has 1 unspecified atom stereocenters. The van der Waals surface area contributed by atoms with Crippen LogP contribution >= 0.6 is 22.7 Å². The van der Waals surface area contributed by atoms with Crippen molar-refractivity contribution >= 4 is 37.9 Å². The molecule has 2 aromatic heterocycles. The first-order chi connectivity index (χ1) is 6.72. The largest absolute Gasteiger partial charge is 0.293 e. The molecular weight excluding hydrogens is 212 g/mol. The Morgan fingerprint density at radius 2 is 2.29 bits per heavy atom. The molecule has 0 amide bonds. The molecule has 0 aromatic carbocycles. The Labute approximate surface area is 91.4 Å². The molecule has 2 aromatic rings. The zero-order valence-electron chi connectivity index (χ0n) is 8.24. The van der Waals surface area contributed by atoms with E-state index in [4.69, 9.17) is 0 Å². The minimum atomic E-state index is 0.155. The molecule has 0 fully saturated rings. The van der Waals surface area contributed by atoms with Crippen LogP contribution in [-0.4, -0.2) is 5.78 Å². The monoisotopic (exact) mass is 224 g/mol. The average Bonchev–Trinajstić information content (AvgIpc) is 2.74. The van der Waals surface area contributed by atoms with E-state index in [1.807, 2.05) is 13.0 Å². The summed E-state index contributed by atoms with van der Waals surface area (Å²) in [6.07, 6.45) is 0.921. The van der Waals surface area contributed by atoms with Gasteiger partial charge in [-0.3, -0.25) is 4.79 Å². The van der Waals surface area contributed by atoms with Crippen molar-refractivity contribution in [1.29, 1.82) is 0 Å². The van der Waals surface area contributed by atoms with Gasteiger partial charge in [-0.2, -0.15) is 0 Å². The number of hydrogen-bond acceptors (Lipinski definition) is 3. The standard InChI is InChI=1S/C11H12OS2/c1-3-7(2)11(12)10-6-9-8(14-10)4-5-13-9/h4-7H,3H2,1-2H3. The van der Waals surface area contributed by atoms with Crippen molar-refractivity contribution in [3.63, 3.8) is 0 Å². The van der Waals surface area contributed by atoms with Crippen molar-refractivity contribution in [1.82, 2.24) is 0 Å². The van der Waals surface area contributed by atoms with Crippen molar-refractivity contribution in [3.8, 4) is 0 Å².